The number of rotatable bonds is 2. The fourth-order valence-electron chi connectivity index (χ4n) is 0.863. The first-order chi connectivity index (χ1) is 6.06. The van der Waals surface area contributed by atoms with E-state index in [0.29, 0.717) is 0 Å². The van der Waals surface area contributed by atoms with E-state index in [2.05, 4.69) is 0 Å². The summed E-state index contributed by atoms with van der Waals surface area (Å²) >= 11 is 2.76. The molecule has 6 heteroatoms. The van der Waals surface area contributed by atoms with Crippen molar-refractivity contribution in [2.24, 2.45) is 0 Å². The van der Waals surface area contributed by atoms with Gasteiger partial charge in [-0.25, -0.2) is 4.39 Å². The van der Waals surface area contributed by atoms with Crippen LogP contribution >= 0.6 is 11.6 Å². The van der Waals surface area contributed by atoms with Crippen LogP contribution in [0.5, 0.6) is 0 Å². The van der Waals surface area contributed by atoms with Crippen LogP contribution in [0.15, 0.2) is 17.0 Å². The average molecular weight is 224 g/mol. The smallest absolute Gasteiger partial charge is 0.140 e. The molecule has 0 aromatic heterocycles. The van der Waals surface area contributed by atoms with Gasteiger partial charge in [-0.05, 0) is 28.8 Å². The molecule has 1 atom stereocenters. The Morgan fingerprint density at radius 3 is 2.62 bits per heavy atom. The summed E-state index contributed by atoms with van der Waals surface area (Å²) in [7, 11) is 0. The first-order valence-electron chi connectivity index (χ1n) is 3.24. The van der Waals surface area contributed by atoms with Crippen LogP contribution in [0, 0.1) is 5.82 Å². The van der Waals surface area contributed by atoms with E-state index in [9.17, 15) is 13.2 Å². The van der Waals surface area contributed by atoms with Gasteiger partial charge in [-0.3, -0.25) is 4.21 Å². The molecular formula is C7H5ClFO3S-. The molecule has 1 rings (SSSR count). The third kappa shape index (κ3) is 2.25. The van der Waals surface area contributed by atoms with E-state index in [1.165, 1.54) is 6.07 Å². The van der Waals surface area contributed by atoms with Gasteiger partial charge in [0.15, 0.2) is 0 Å². The lowest BCUT2D eigenvalue weighted by Gasteiger charge is -2.09. The lowest BCUT2D eigenvalue weighted by Crippen LogP contribution is -1.97. The summed E-state index contributed by atoms with van der Waals surface area (Å²) in [6.07, 6.45) is 0. The van der Waals surface area contributed by atoms with Gasteiger partial charge in [0, 0.05) is 0 Å². The quantitative estimate of drug-likeness (QED) is 0.767. The largest absolute Gasteiger partial charge is 0.768 e. The number of aliphatic hydroxyl groups excluding tert-OH is 1. The molecule has 0 aliphatic carbocycles. The minimum Gasteiger partial charge on any atom is -0.768 e. The van der Waals surface area contributed by atoms with E-state index in [-0.39, 0.29) is 17.2 Å². The van der Waals surface area contributed by atoms with Crippen molar-refractivity contribution < 1.29 is 18.3 Å². The molecule has 1 unspecified atom stereocenters. The summed E-state index contributed by atoms with van der Waals surface area (Å²) < 4.78 is 33.9. The molecule has 13 heavy (non-hydrogen) atoms. The predicted octanol–water partition coefficient (Wildman–Crippen LogP) is 1.21. The third-order valence-electron chi connectivity index (χ3n) is 1.41. The van der Waals surface area contributed by atoms with E-state index >= 15 is 0 Å². The maximum Gasteiger partial charge on any atom is 0.140 e. The Bertz CT molecular complexity index is 333. The first kappa shape index (κ1) is 10.6. The van der Waals surface area contributed by atoms with Crippen molar-refractivity contribution in [3.8, 4) is 0 Å². The number of hydrogen-bond acceptors (Lipinski definition) is 3. The summed E-state index contributed by atoms with van der Waals surface area (Å²) in [4.78, 5) is -0.570. The van der Waals surface area contributed by atoms with Crippen LogP contribution < -0.4 is 0 Å². The zero-order chi connectivity index (χ0) is 10.0. The van der Waals surface area contributed by atoms with E-state index in [1.54, 1.807) is 0 Å². The highest BCUT2D eigenvalue weighted by atomic mass is 35.5. The monoisotopic (exact) mass is 223 g/mol. The fraction of sp³-hybridized carbons (Fsp3) is 0.143. The van der Waals surface area contributed by atoms with Gasteiger partial charge in [0.25, 0.3) is 0 Å². The SMILES string of the molecule is O=S([O-])c1c(F)cc(CO)cc1Cl. The van der Waals surface area contributed by atoms with Gasteiger partial charge in [0.1, 0.15) is 5.82 Å². The van der Waals surface area contributed by atoms with E-state index in [4.69, 9.17) is 16.7 Å². The van der Waals surface area contributed by atoms with Crippen molar-refractivity contribution in [1.82, 2.24) is 0 Å². The molecule has 0 bridgehead atoms. The zero-order valence-electron chi connectivity index (χ0n) is 6.29. The number of benzene rings is 1. The zero-order valence-corrected chi connectivity index (χ0v) is 7.86. The van der Waals surface area contributed by atoms with E-state index in [0.717, 1.165) is 6.07 Å². The molecule has 0 aliphatic heterocycles. The van der Waals surface area contributed by atoms with Crippen molar-refractivity contribution >= 4 is 22.7 Å². The summed E-state index contributed by atoms with van der Waals surface area (Å²) in [5.74, 6) is -0.954. The lowest BCUT2D eigenvalue weighted by atomic mass is 10.2. The van der Waals surface area contributed by atoms with Gasteiger partial charge >= 0.3 is 0 Å². The Morgan fingerprint density at radius 1 is 1.62 bits per heavy atom. The molecule has 0 saturated heterocycles. The van der Waals surface area contributed by atoms with Crippen molar-refractivity contribution in [1.29, 1.82) is 0 Å². The third-order valence-corrected chi connectivity index (χ3v) is 2.57. The average Bonchev–Trinajstić information content (AvgIpc) is 2.02. The van der Waals surface area contributed by atoms with E-state index in [1.807, 2.05) is 0 Å². The number of hydrogen-bond donors (Lipinski definition) is 1. The van der Waals surface area contributed by atoms with Crippen molar-refractivity contribution in [3.05, 3.63) is 28.5 Å². The second kappa shape index (κ2) is 4.15. The molecular weight excluding hydrogens is 219 g/mol. The molecule has 0 fully saturated rings. The molecule has 0 amide bonds. The van der Waals surface area contributed by atoms with Crippen molar-refractivity contribution in [2.75, 3.05) is 0 Å². The van der Waals surface area contributed by atoms with Crippen LogP contribution in [-0.4, -0.2) is 13.9 Å². The summed E-state index contributed by atoms with van der Waals surface area (Å²) in [6.45, 7) is -0.386. The van der Waals surface area contributed by atoms with Crippen LogP contribution in [0.4, 0.5) is 4.39 Å². The van der Waals surface area contributed by atoms with Gasteiger partial charge in [0.05, 0.1) is 16.5 Å². The van der Waals surface area contributed by atoms with Crippen LogP contribution in [0.2, 0.25) is 5.02 Å². The molecule has 72 valence electrons. The molecule has 3 nitrogen and oxygen atoms in total. The van der Waals surface area contributed by atoms with Gasteiger partial charge < -0.3 is 9.66 Å². The minimum absolute atomic E-state index is 0.225. The summed E-state index contributed by atoms with van der Waals surface area (Å²) in [6, 6.07) is 2.13. The second-order valence-electron chi connectivity index (χ2n) is 2.28. The molecule has 0 aliphatic rings. The first-order valence-corrected chi connectivity index (χ1v) is 4.69. The highest BCUT2D eigenvalue weighted by molar-refractivity contribution is 7.79. The van der Waals surface area contributed by atoms with Crippen molar-refractivity contribution in [3.63, 3.8) is 0 Å². The summed E-state index contributed by atoms with van der Waals surface area (Å²) in [5, 5.41) is 8.41. The predicted molar refractivity (Wildman–Crippen MR) is 44.5 cm³/mol. The standard InChI is InChI=1S/C7H6ClFO3S/c8-5-1-4(3-10)2-6(9)7(5)13(11)12/h1-2,10H,3H2,(H,11,12)/p-1. The maximum absolute atomic E-state index is 13.0. The fourth-order valence-corrected chi connectivity index (χ4v) is 1.72. The number of aliphatic hydroxyl groups is 1. The van der Waals surface area contributed by atoms with Crippen LogP contribution in [0.3, 0.4) is 0 Å². The molecule has 1 N–H and O–H groups in total. The Morgan fingerprint density at radius 2 is 2.23 bits per heavy atom. The second-order valence-corrected chi connectivity index (χ2v) is 3.57. The lowest BCUT2D eigenvalue weighted by molar-refractivity contribution is 0.281. The Hall–Kier alpha value is -0.490. The Kier molecular flexibility index (Phi) is 3.38. The topological polar surface area (TPSA) is 60.4 Å². The van der Waals surface area contributed by atoms with Crippen LogP contribution in [0.25, 0.3) is 0 Å². The normalized spacial score (nSPS) is 12.9. The molecule has 1 aromatic rings. The summed E-state index contributed by atoms with van der Waals surface area (Å²) in [5.41, 5.74) is 0.233. The molecule has 0 saturated carbocycles. The highest BCUT2D eigenvalue weighted by Gasteiger charge is 2.09. The molecule has 1 aromatic carbocycles. The van der Waals surface area contributed by atoms with Gasteiger partial charge in [-0.1, -0.05) is 11.6 Å². The Labute approximate surface area is 81.4 Å². The Balaban J connectivity index is 3.31. The number of halogens is 2. The molecule has 0 radical (unpaired) electrons. The van der Waals surface area contributed by atoms with Crippen LogP contribution in [0.1, 0.15) is 5.56 Å². The van der Waals surface area contributed by atoms with E-state index < -0.39 is 21.8 Å². The van der Waals surface area contributed by atoms with Crippen LogP contribution in [-0.2, 0) is 17.7 Å². The molecule has 0 spiro atoms. The van der Waals surface area contributed by atoms with Crippen molar-refractivity contribution in [2.45, 2.75) is 11.5 Å². The van der Waals surface area contributed by atoms with Gasteiger partial charge in [0.2, 0.25) is 0 Å². The minimum atomic E-state index is -2.70. The highest BCUT2D eigenvalue weighted by Crippen LogP contribution is 2.24. The van der Waals surface area contributed by atoms with Gasteiger partial charge in [-0.2, -0.15) is 0 Å². The maximum atomic E-state index is 13.0. The molecule has 0 heterocycles. The van der Waals surface area contributed by atoms with Gasteiger partial charge in [-0.15, -0.1) is 0 Å².